The van der Waals surface area contributed by atoms with E-state index in [4.69, 9.17) is 0 Å². The van der Waals surface area contributed by atoms with Crippen LogP contribution in [0.5, 0.6) is 0 Å². The maximum atomic E-state index is 12.9. The molecule has 0 spiro atoms. The lowest BCUT2D eigenvalue weighted by Gasteiger charge is -2.25. The number of benzene rings is 3. The van der Waals surface area contributed by atoms with Gasteiger partial charge in [-0.1, -0.05) is 48.5 Å². The lowest BCUT2D eigenvalue weighted by molar-refractivity contribution is 0.202. The summed E-state index contributed by atoms with van der Waals surface area (Å²) in [5.74, 6) is 0. The molecule has 0 bridgehead atoms. The Labute approximate surface area is 216 Å². The molecule has 3 aromatic carbocycles. The van der Waals surface area contributed by atoms with E-state index in [0.717, 1.165) is 64.8 Å². The molecule has 1 aliphatic heterocycles. The maximum Gasteiger partial charge on any atom is 0.321 e. The van der Waals surface area contributed by atoms with Gasteiger partial charge in [0.15, 0.2) is 0 Å². The number of fused-ring (bicyclic) bond motifs is 2. The lowest BCUT2D eigenvalue weighted by atomic mass is 10.1. The van der Waals surface area contributed by atoms with Crippen molar-refractivity contribution in [1.82, 2.24) is 20.1 Å². The Morgan fingerprint density at radius 2 is 1.78 bits per heavy atom. The molecule has 2 heterocycles. The van der Waals surface area contributed by atoms with Crippen LogP contribution < -0.4 is 16.0 Å². The van der Waals surface area contributed by atoms with Gasteiger partial charge in [-0.2, -0.15) is 0 Å². The number of para-hydroxylation sites is 1. The molecule has 1 aliphatic rings. The van der Waals surface area contributed by atoms with Gasteiger partial charge < -0.3 is 20.9 Å². The third-order valence-corrected chi connectivity index (χ3v) is 6.92. The number of urea groups is 2. The smallest absolute Gasteiger partial charge is 0.321 e. The van der Waals surface area contributed by atoms with Gasteiger partial charge in [-0.25, -0.2) is 9.59 Å². The number of amides is 4. The summed E-state index contributed by atoms with van der Waals surface area (Å²) in [5, 5.41) is 12.1. The number of carbonyl (C=O) groups excluding carboxylic acids is 2. The molecule has 8 nitrogen and oxygen atoms in total. The summed E-state index contributed by atoms with van der Waals surface area (Å²) in [6.45, 7) is 4.82. The molecule has 0 saturated carbocycles. The highest BCUT2D eigenvalue weighted by atomic mass is 16.2. The fourth-order valence-corrected chi connectivity index (χ4v) is 4.88. The van der Waals surface area contributed by atoms with Gasteiger partial charge in [0.2, 0.25) is 0 Å². The van der Waals surface area contributed by atoms with Crippen LogP contribution in [-0.2, 0) is 0 Å². The van der Waals surface area contributed by atoms with Crippen molar-refractivity contribution in [3.63, 3.8) is 0 Å². The molecular weight excluding hydrogens is 464 g/mol. The Kier molecular flexibility index (Phi) is 7.18. The van der Waals surface area contributed by atoms with Gasteiger partial charge in [0.05, 0.1) is 11.2 Å². The molecule has 8 heteroatoms. The highest BCUT2D eigenvalue weighted by Crippen LogP contribution is 2.23. The molecule has 4 amide bonds. The number of nitrogens with one attached hydrogen (secondary N) is 3. The van der Waals surface area contributed by atoms with E-state index < -0.39 is 0 Å². The number of likely N-dealkylation sites (N-methyl/N-ethyl adjacent to an activating group) is 1. The first kappa shape index (κ1) is 24.5. The normalized spacial score (nSPS) is 15.6. The van der Waals surface area contributed by atoms with Crippen molar-refractivity contribution in [3.8, 4) is 0 Å². The number of pyridine rings is 1. The van der Waals surface area contributed by atoms with Gasteiger partial charge in [-0.15, -0.1) is 0 Å². The second-order valence-electron chi connectivity index (χ2n) is 9.56. The average Bonchev–Trinajstić information content (AvgIpc) is 3.37. The number of hydrogen-bond donors (Lipinski definition) is 3. The first-order valence-corrected chi connectivity index (χ1v) is 12.6. The van der Waals surface area contributed by atoms with Crippen molar-refractivity contribution < 1.29 is 9.59 Å². The number of hydrogen-bond acceptors (Lipinski definition) is 4. The van der Waals surface area contributed by atoms with Crippen LogP contribution in [0.4, 0.5) is 21.0 Å². The van der Waals surface area contributed by atoms with Crippen molar-refractivity contribution in [2.45, 2.75) is 19.4 Å². The second-order valence-corrected chi connectivity index (χ2v) is 9.56. The summed E-state index contributed by atoms with van der Waals surface area (Å²) in [6, 6.07) is 23.5. The average molecular weight is 497 g/mol. The van der Waals surface area contributed by atoms with Crippen LogP contribution in [0.1, 0.15) is 12.1 Å². The molecule has 37 heavy (non-hydrogen) atoms. The Morgan fingerprint density at radius 1 is 1.00 bits per heavy atom. The molecule has 1 fully saturated rings. The Balaban J connectivity index is 1.08. The van der Waals surface area contributed by atoms with Crippen LogP contribution in [0.15, 0.2) is 72.8 Å². The van der Waals surface area contributed by atoms with Crippen LogP contribution in [0.2, 0.25) is 0 Å². The molecule has 0 radical (unpaired) electrons. The first-order valence-electron chi connectivity index (χ1n) is 12.6. The number of anilines is 2. The van der Waals surface area contributed by atoms with Crippen molar-refractivity contribution in [2.24, 2.45) is 0 Å². The molecule has 1 saturated heterocycles. The molecule has 190 valence electrons. The number of aryl methyl sites for hydroxylation is 1. The van der Waals surface area contributed by atoms with Gasteiger partial charge in [-0.05, 0) is 48.4 Å². The molecule has 3 N–H and O–H groups in total. The number of rotatable bonds is 6. The summed E-state index contributed by atoms with van der Waals surface area (Å²) < 4.78 is 0. The van der Waals surface area contributed by atoms with E-state index in [2.05, 4.69) is 31.9 Å². The highest BCUT2D eigenvalue weighted by Gasteiger charge is 2.28. The van der Waals surface area contributed by atoms with E-state index in [-0.39, 0.29) is 18.1 Å². The van der Waals surface area contributed by atoms with Crippen LogP contribution in [-0.4, -0.2) is 66.1 Å². The lowest BCUT2D eigenvalue weighted by Crippen LogP contribution is -2.42. The van der Waals surface area contributed by atoms with Crippen molar-refractivity contribution in [3.05, 3.63) is 78.5 Å². The summed E-state index contributed by atoms with van der Waals surface area (Å²) >= 11 is 0. The highest BCUT2D eigenvalue weighted by molar-refractivity contribution is 6.00. The van der Waals surface area contributed by atoms with Gasteiger partial charge >= 0.3 is 12.1 Å². The van der Waals surface area contributed by atoms with E-state index in [9.17, 15) is 9.59 Å². The zero-order valence-electron chi connectivity index (χ0n) is 21.2. The Bertz CT molecular complexity index is 1440. The number of aromatic nitrogens is 1. The minimum atomic E-state index is -0.238. The minimum absolute atomic E-state index is 0.112. The van der Waals surface area contributed by atoms with Gasteiger partial charge in [0.1, 0.15) is 0 Å². The fourth-order valence-electron chi connectivity index (χ4n) is 4.88. The third-order valence-electron chi connectivity index (χ3n) is 6.92. The SMILES string of the molecule is Cc1cc(NC(=O)NCCN2CCC(N(C)C(=O)Nc3ccc4ccccc4c3)C2)c2ccccc2n1. The zero-order valence-corrected chi connectivity index (χ0v) is 21.2. The second kappa shape index (κ2) is 10.8. The van der Waals surface area contributed by atoms with E-state index in [0.29, 0.717) is 6.54 Å². The van der Waals surface area contributed by atoms with E-state index in [1.807, 2.05) is 80.7 Å². The minimum Gasteiger partial charge on any atom is -0.337 e. The Hall–Kier alpha value is -4.17. The largest absolute Gasteiger partial charge is 0.337 e. The fraction of sp³-hybridized carbons (Fsp3) is 0.276. The van der Waals surface area contributed by atoms with Crippen molar-refractivity contribution >= 4 is 45.1 Å². The van der Waals surface area contributed by atoms with Crippen molar-refractivity contribution in [1.29, 1.82) is 0 Å². The van der Waals surface area contributed by atoms with E-state index in [1.54, 1.807) is 4.90 Å². The molecule has 1 unspecified atom stereocenters. The van der Waals surface area contributed by atoms with Gasteiger partial charge in [-0.3, -0.25) is 9.88 Å². The molecule has 0 aliphatic carbocycles. The Morgan fingerprint density at radius 3 is 2.65 bits per heavy atom. The summed E-state index contributed by atoms with van der Waals surface area (Å²) in [6.07, 6.45) is 0.899. The van der Waals surface area contributed by atoms with Gasteiger partial charge in [0, 0.05) is 56.0 Å². The predicted molar refractivity (Wildman–Crippen MR) is 149 cm³/mol. The topological polar surface area (TPSA) is 89.6 Å². The third kappa shape index (κ3) is 5.81. The number of carbonyl (C=O) groups is 2. The van der Waals surface area contributed by atoms with Crippen molar-refractivity contribution in [2.75, 3.05) is 43.9 Å². The maximum absolute atomic E-state index is 12.9. The predicted octanol–water partition coefficient (Wildman–Crippen LogP) is 5.06. The monoisotopic (exact) mass is 496 g/mol. The molecular formula is C29H32N6O2. The zero-order chi connectivity index (χ0) is 25.8. The van der Waals surface area contributed by atoms with Crippen LogP contribution in [0.3, 0.4) is 0 Å². The summed E-state index contributed by atoms with van der Waals surface area (Å²) in [5.41, 5.74) is 3.25. The molecule has 1 aromatic heterocycles. The van der Waals surface area contributed by atoms with E-state index >= 15 is 0 Å². The van der Waals surface area contributed by atoms with Gasteiger partial charge in [0.25, 0.3) is 0 Å². The molecule has 5 rings (SSSR count). The first-order chi connectivity index (χ1) is 18.0. The molecule has 4 aromatic rings. The molecule has 1 atom stereocenters. The standard InChI is InChI=1S/C29H32N6O2/c1-20-17-27(25-9-5-6-10-26(25)31-20)33-28(36)30-14-16-35-15-13-24(19-35)34(2)29(37)32-23-12-11-21-7-3-4-8-22(21)18-23/h3-12,17-18,24H,13-16,19H2,1-2H3,(H,32,37)(H2,30,31,33,36). The van der Waals surface area contributed by atoms with Crippen LogP contribution >= 0.6 is 0 Å². The number of likely N-dealkylation sites (tertiary alicyclic amines) is 1. The van der Waals surface area contributed by atoms with E-state index in [1.165, 1.54) is 0 Å². The van der Waals surface area contributed by atoms with Crippen LogP contribution in [0, 0.1) is 6.92 Å². The summed E-state index contributed by atoms with van der Waals surface area (Å²) in [4.78, 5) is 34.0. The van der Waals surface area contributed by atoms with Crippen LogP contribution in [0.25, 0.3) is 21.7 Å². The number of nitrogens with zero attached hydrogens (tertiary/aromatic N) is 3. The quantitative estimate of drug-likeness (QED) is 0.348. The summed E-state index contributed by atoms with van der Waals surface area (Å²) in [7, 11) is 1.84.